The second kappa shape index (κ2) is 8.24. The molecule has 2 rings (SSSR count). The summed E-state index contributed by atoms with van der Waals surface area (Å²) in [5.41, 5.74) is 0.120. The fourth-order valence-corrected chi connectivity index (χ4v) is 4.26. The monoisotopic (exact) mass is 418 g/mol. The Kier molecular flexibility index (Phi) is 6.49. The van der Waals surface area contributed by atoms with Crippen LogP contribution in [0.15, 0.2) is 42.5 Å². The summed E-state index contributed by atoms with van der Waals surface area (Å²) in [7, 11) is -3.93. The minimum atomic E-state index is -3.93. The molecule has 1 amide bonds. The van der Waals surface area contributed by atoms with Gasteiger partial charge >= 0.3 is 0 Å². The molecule has 2 aromatic carbocycles. The third kappa shape index (κ3) is 4.87. The first-order chi connectivity index (χ1) is 12.1. The van der Waals surface area contributed by atoms with Crippen LogP contribution in [0, 0.1) is 5.82 Å². The predicted molar refractivity (Wildman–Crippen MR) is 103 cm³/mol. The minimum absolute atomic E-state index is 0.127. The predicted octanol–water partition coefficient (Wildman–Crippen LogP) is 4.32. The Morgan fingerprint density at radius 3 is 2.27 bits per heavy atom. The highest BCUT2D eigenvalue weighted by atomic mass is 35.5. The van der Waals surface area contributed by atoms with Gasteiger partial charge < -0.3 is 5.32 Å². The maximum atomic E-state index is 14.2. The van der Waals surface area contributed by atoms with E-state index in [0.29, 0.717) is 15.7 Å². The first kappa shape index (κ1) is 20.5. The standard InChI is InChI=1S/C17H17Cl2FN2O3S/c1-3-15(17(23)21-13-9-11(18)8-12(19)10-13)22(26(2,24)25)16-7-5-4-6-14(16)20/h4-10,15H,3H2,1-2H3,(H,21,23). The summed E-state index contributed by atoms with van der Waals surface area (Å²) in [5.74, 6) is -1.37. The molecule has 0 heterocycles. The number of hydrogen-bond donors (Lipinski definition) is 1. The van der Waals surface area contributed by atoms with Crippen LogP contribution in [-0.4, -0.2) is 26.6 Å². The number of nitrogens with zero attached hydrogens (tertiary/aromatic N) is 1. The van der Waals surface area contributed by atoms with E-state index in [1.165, 1.54) is 36.4 Å². The molecule has 0 radical (unpaired) electrons. The SMILES string of the molecule is CCC(C(=O)Nc1cc(Cl)cc(Cl)c1)N(c1ccccc1F)S(C)(=O)=O. The molecule has 0 fully saturated rings. The van der Waals surface area contributed by atoms with Crippen molar-refractivity contribution in [2.24, 2.45) is 0 Å². The molecule has 140 valence electrons. The van der Waals surface area contributed by atoms with Gasteiger partial charge in [-0.15, -0.1) is 0 Å². The van der Waals surface area contributed by atoms with Gasteiger partial charge in [0.15, 0.2) is 0 Å². The summed E-state index contributed by atoms with van der Waals surface area (Å²) in [6.45, 7) is 1.63. The van der Waals surface area contributed by atoms with Crippen LogP contribution in [0.25, 0.3) is 0 Å². The molecule has 1 N–H and O–H groups in total. The second-order valence-corrected chi connectivity index (χ2v) is 8.31. The van der Waals surface area contributed by atoms with Crippen molar-refractivity contribution in [1.29, 1.82) is 0 Å². The van der Waals surface area contributed by atoms with E-state index < -0.39 is 27.8 Å². The largest absolute Gasteiger partial charge is 0.324 e. The van der Waals surface area contributed by atoms with Crippen LogP contribution < -0.4 is 9.62 Å². The van der Waals surface area contributed by atoms with E-state index >= 15 is 0 Å². The van der Waals surface area contributed by atoms with E-state index in [4.69, 9.17) is 23.2 Å². The number of para-hydroxylation sites is 1. The van der Waals surface area contributed by atoms with Crippen molar-refractivity contribution in [3.8, 4) is 0 Å². The van der Waals surface area contributed by atoms with E-state index in [0.717, 1.165) is 16.6 Å². The number of benzene rings is 2. The van der Waals surface area contributed by atoms with Gasteiger partial charge in [-0.3, -0.25) is 9.10 Å². The molecule has 0 aliphatic carbocycles. The molecule has 0 saturated carbocycles. The number of anilines is 2. The van der Waals surface area contributed by atoms with Crippen molar-refractivity contribution in [2.45, 2.75) is 19.4 Å². The molecular formula is C17H17Cl2FN2O3S. The normalized spacial score (nSPS) is 12.5. The van der Waals surface area contributed by atoms with E-state index in [1.54, 1.807) is 6.92 Å². The molecule has 26 heavy (non-hydrogen) atoms. The molecule has 0 aliphatic rings. The van der Waals surface area contributed by atoms with E-state index in [2.05, 4.69) is 5.32 Å². The highest BCUT2D eigenvalue weighted by molar-refractivity contribution is 7.92. The lowest BCUT2D eigenvalue weighted by atomic mass is 10.1. The maximum Gasteiger partial charge on any atom is 0.248 e. The minimum Gasteiger partial charge on any atom is -0.324 e. The fraction of sp³-hybridized carbons (Fsp3) is 0.235. The van der Waals surface area contributed by atoms with Gasteiger partial charge in [-0.2, -0.15) is 0 Å². The van der Waals surface area contributed by atoms with Gasteiger partial charge in [0.05, 0.1) is 11.9 Å². The highest BCUT2D eigenvalue weighted by Gasteiger charge is 2.33. The Hall–Kier alpha value is -1.83. The van der Waals surface area contributed by atoms with E-state index in [9.17, 15) is 17.6 Å². The topological polar surface area (TPSA) is 66.5 Å². The summed E-state index contributed by atoms with van der Waals surface area (Å²) in [4.78, 5) is 12.7. The average Bonchev–Trinajstić information content (AvgIpc) is 2.51. The zero-order valence-electron chi connectivity index (χ0n) is 14.0. The third-order valence-electron chi connectivity index (χ3n) is 3.55. The molecule has 1 unspecified atom stereocenters. The molecule has 0 spiro atoms. The van der Waals surface area contributed by atoms with Crippen LogP contribution in [0.1, 0.15) is 13.3 Å². The summed E-state index contributed by atoms with van der Waals surface area (Å²) in [6, 6.07) is 8.68. The van der Waals surface area contributed by atoms with Crippen molar-refractivity contribution in [1.82, 2.24) is 0 Å². The first-order valence-corrected chi connectivity index (χ1v) is 10.2. The van der Waals surface area contributed by atoms with Crippen molar-refractivity contribution >= 4 is 50.5 Å². The third-order valence-corrected chi connectivity index (χ3v) is 5.15. The first-order valence-electron chi connectivity index (χ1n) is 7.64. The van der Waals surface area contributed by atoms with Crippen molar-refractivity contribution in [2.75, 3.05) is 15.9 Å². The molecule has 0 bridgehead atoms. The molecule has 2 aromatic rings. The van der Waals surface area contributed by atoms with Gasteiger partial charge in [-0.05, 0) is 36.8 Å². The zero-order chi connectivity index (χ0) is 19.5. The van der Waals surface area contributed by atoms with E-state index in [-0.39, 0.29) is 12.1 Å². The molecule has 9 heteroatoms. The Balaban J connectivity index is 2.42. The van der Waals surface area contributed by atoms with Gasteiger partial charge in [0.25, 0.3) is 0 Å². The number of nitrogens with one attached hydrogen (secondary N) is 1. The molecule has 0 aliphatic heterocycles. The maximum absolute atomic E-state index is 14.2. The molecule has 0 saturated heterocycles. The van der Waals surface area contributed by atoms with Crippen LogP contribution in [0.4, 0.5) is 15.8 Å². The lowest BCUT2D eigenvalue weighted by Gasteiger charge is -2.30. The summed E-state index contributed by atoms with van der Waals surface area (Å²) >= 11 is 11.8. The Bertz CT molecular complexity index is 902. The molecule has 5 nitrogen and oxygen atoms in total. The lowest BCUT2D eigenvalue weighted by molar-refractivity contribution is -0.117. The quantitative estimate of drug-likeness (QED) is 0.759. The van der Waals surface area contributed by atoms with Gasteiger partial charge in [0.1, 0.15) is 11.9 Å². The van der Waals surface area contributed by atoms with Gasteiger partial charge in [-0.25, -0.2) is 12.8 Å². The van der Waals surface area contributed by atoms with Crippen molar-refractivity contribution in [3.63, 3.8) is 0 Å². The van der Waals surface area contributed by atoms with Crippen LogP contribution >= 0.6 is 23.2 Å². The van der Waals surface area contributed by atoms with Gasteiger partial charge in [-0.1, -0.05) is 42.3 Å². The number of halogens is 3. The average molecular weight is 419 g/mol. The Labute approximate surface area is 161 Å². The number of rotatable bonds is 6. The van der Waals surface area contributed by atoms with Crippen LogP contribution in [0.2, 0.25) is 10.0 Å². The Morgan fingerprint density at radius 1 is 1.19 bits per heavy atom. The summed E-state index contributed by atoms with van der Waals surface area (Å²) in [5, 5.41) is 3.21. The van der Waals surface area contributed by atoms with E-state index in [1.807, 2.05) is 0 Å². The van der Waals surface area contributed by atoms with Crippen molar-refractivity contribution in [3.05, 3.63) is 58.3 Å². The summed E-state index contributed by atoms with van der Waals surface area (Å²) < 4.78 is 39.5. The van der Waals surface area contributed by atoms with Gasteiger partial charge in [0.2, 0.25) is 15.9 Å². The number of amides is 1. The van der Waals surface area contributed by atoms with Crippen molar-refractivity contribution < 1.29 is 17.6 Å². The fourth-order valence-electron chi connectivity index (χ4n) is 2.52. The van der Waals surface area contributed by atoms with Gasteiger partial charge in [0, 0.05) is 15.7 Å². The highest BCUT2D eigenvalue weighted by Crippen LogP contribution is 2.27. The number of carbonyl (C=O) groups excluding carboxylic acids is 1. The summed E-state index contributed by atoms with van der Waals surface area (Å²) in [6.07, 6.45) is 1.05. The number of sulfonamides is 1. The van der Waals surface area contributed by atoms with Crippen LogP contribution in [0.3, 0.4) is 0 Å². The van der Waals surface area contributed by atoms with Crippen LogP contribution in [0.5, 0.6) is 0 Å². The molecule has 1 atom stereocenters. The van der Waals surface area contributed by atoms with Crippen LogP contribution in [-0.2, 0) is 14.8 Å². The Morgan fingerprint density at radius 2 is 1.77 bits per heavy atom. The second-order valence-electron chi connectivity index (χ2n) is 5.58. The number of carbonyl (C=O) groups is 1. The molecular weight excluding hydrogens is 402 g/mol. The molecule has 0 aromatic heterocycles. The number of hydrogen-bond acceptors (Lipinski definition) is 3. The smallest absolute Gasteiger partial charge is 0.248 e. The lowest BCUT2D eigenvalue weighted by Crippen LogP contribution is -2.47. The zero-order valence-corrected chi connectivity index (χ0v) is 16.4.